The van der Waals surface area contributed by atoms with Crippen LogP contribution in [-0.2, 0) is 0 Å². The number of hydrogen-bond acceptors (Lipinski definition) is 4. The Bertz CT molecular complexity index is 369. The maximum Gasteiger partial charge on any atom is 0.267 e. The monoisotopic (exact) mass is 184 g/mol. The van der Waals surface area contributed by atoms with E-state index in [1.807, 2.05) is 0 Å². The third-order valence-corrected chi connectivity index (χ3v) is 1.51. The van der Waals surface area contributed by atoms with Gasteiger partial charge in [-0.05, 0) is 0 Å². The van der Waals surface area contributed by atoms with Gasteiger partial charge in [-0.2, -0.15) is 5.26 Å². The molecule has 0 aromatic carbocycles. The van der Waals surface area contributed by atoms with Crippen molar-refractivity contribution in [3.63, 3.8) is 0 Å². The smallest absolute Gasteiger partial charge is 0.267 e. The van der Waals surface area contributed by atoms with E-state index >= 15 is 0 Å². The number of anilines is 2. The Balaban J connectivity index is 3.46. The lowest BCUT2D eigenvalue weighted by molar-refractivity contribution is 0.152. The van der Waals surface area contributed by atoms with Gasteiger partial charge in [0.1, 0.15) is 17.5 Å². The molecule has 13 heavy (non-hydrogen) atoms. The molecule has 0 fully saturated rings. The van der Waals surface area contributed by atoms with E-state index in [1.165, 1.54) is 6.07 Å². The van der Waals surface area contributed by atoms with Crippen LogP contribution in [0, 0.1) is 11.3 Å². The van der Waals surface area contributed by atoms with E-state index in [9.17, 15) is 8.78 Å². The van der Waals surface area contributed by atoms with Crippen LogP contribution in [0.1, 0.15) is 17.6 Å². The van der Waals surface area contributed by atoms with Gasteiger partial charge < -0.3 is 11.5 Å². The molecule has 1 aromatic rings. The topological polar surface area (TPSA) is 88.7 Å². The number of pyridine rings is 1. The Kier molecular flexibility index (Phi) is 2.28. The van der Waals surface area contributed by atoms with Crippen molar-refractivity contribution in [3.8, 4) is 6.07 Å². The molecule has 1 rings (SSSR count). The van der Waals surface area contributed by atoms with Crippen LogP contribution < -0.4 is 11.5 Å². The molecule has 0 aliphatic rings. The lowest BCUT2D eigenvalue weighted by Crippen LogP contribution is -2.04. The van der Waals surface area contributed by atoms with Crippen molar-refractivity contribution < 1.29 is 8.78 Å². The summed E-state index contributed by atoms with van der Waals surface area (Å²) >= 11 is 0. The summed E-state index contributed by atoms with van der Waals surface area (Å²) in [5.74, 6) is -0.230. The minimum atomic E-state index is -2.82. The number of nitriles is 1. The highest BCUT2D eigenvalue weighted by Gasteiger charge is 2.19. The summed E-state index contributed by atoms with van der Waals surface area (Å²) in [7, 11) is 0. The molecule has 0 bridgehead atoms. The van der Waals surface area contributed by atoms with Crippen molar-refractivity contribution in [1.29, 1.82) is 5.26 Å². The van der Waals surface area contributed by atoms with Gasteiger partial charge in [-0.3, -0.25) is 0 Å². The molecule has 0 amide bonds. The first kappa shape index (κ1) is 9.19. The largest absolute Gasteiger partial charge is 0.397 e. The van der Waals surface area contributed by atoms with Gasteiger partial charge >= 0.3 is 0 Å². The van der Waals surface area contributed by atoms with Gasteiger partial charge in [0.25, 0.3) is 6.43 Å². The van der Waals surface area contributed by atoms with Crippen LogP contribution in [0.15, 0.2) is 6.20 Å². The minimum absolute atomic E-state index is 0.222. The molecule has 1 aromatic heterocycles. The molecule has 0 aliphatic heterocycles. The van der Waals surface area contributed by atoms with Crippen LogP contribution in [0.4, 0.5) is 20.3 Å². The Morgan fingerprint density at radius 1 is 1.46 bits per heavy atom. The minimum Gasteiger partial charge on any atom is -0.397 e. The quantitative estimate of drug-likeness (QED) is 0.682. The second-order valence-electron chi connectivity index (χ2n) is 2.30. The molecule has 4 N–H and O–H groups in total. The SMILES string of the molecule is N#Cc1c(N)ncc(N)c1C(F)F. The summed E-state index contributed by atoms with van der Waals surface area (Å²) in [4.78, 5) is 3.49. The highest BCUT2D eigenvalue weighted by molar-refractivity contribution is 5.62. The molecule has 6 heteroatoms. The van der Waals surface area contributed by atoms with Crippen molar-refractivity contribution in [2.24, 2.45) is 0 Å². The summed E-state index contributed by atoms with van der Waals surface area (Å²) in [6.07, 6.45) is -1.81. The Morgan fingerprint density at radius 3 is 2.46 bits per heavy atom. The fraction of sp³-hybridized carbons (Fsp3) is 0.143. The molecule has 0 atom stereocenters. The zero-order valence-corrected chi connectivity index (χ0v) is 6.46. The molecule has 0 spiro atoms. The van der Waals surface area contributed by atoms with E-state index in [2.05, 4.69) is 4.98 Å². The molecular formula is C7H6F2N4. The van der Waals surface area contributed by atoms with Crippen LogP contribution in [0.3, 0.4) is 0 Å². The predicted octanol–water partition coefficient (Wildman–Crippen LogP) is 1.06. The number of nitrogens with zero attached hydrogens (tertiary/aromatic N) is 2. The number of nitrogen functional groups attached to an aromatic ring is 2. The molecule has 68 valence electrons. The molecule has 4 nitrogen and oxygen atoms in total. The van der Waals surface area contributed by atoms with Crippen molar-refractivity contribution in [2.45, 2.75) is 6.43 Å². The number of hydrogen-bond donors (Lipinski definition) is 2. The highest BCUT2D eigenvalue weighted by atomic mass is 19.3. The van der Waals surface area contributed by atoms with Crippen LogP contribution in [0.2, 0.25) is 0 Å². The third-order valence-electron chi connectivity index (χ3n) is 1.51. The van der Waals surface area contributed by atoms with E-state index < -0.39 is 12.0 Å². The number of aromatic nitrogens is 1. The lowest BCUT2D eigenvalue weighted by atomic mass is 10.1. The summed E-state index contributed by atoms with van der Waals surface area (Å²) in [6.45, 7) is 0. The zero-order chi connectivity index (χ0) is 10.0. The predicted molar refractivity (Wildman–Crippen MR) is 42.7 cm³/mol. The third kappa shape index (κ3) is 1.49. The molecule has 1 heterocycles. The molecule has 0 unspecified atom stereocenters. The van der Waals surface area contributed by atoms with Gasteiger partial charge in [0.05, 0.1) is 17.4 Å². The van der Waals surface area contributed by atoms with E-state index in [-0.39, 0.29) is 17.1 Å². The number of nitrogens with two attached hydrogens (primary N) is 2. The van der Waals surface area contributed by atoms with Gasteiger partial charge in [0.2, 0.25) is 0 Å². The first-order valence-electron chi connectivity index (χ1n) is 3.30. The first-order valence-corrected chi connectivity index (χ1v) is 3.30. The molecule has 0 radical (unpaired) electrons. The van der Waals surface area contributed by atoms with Gasteiger partial charge in [-0.1, -0.05) is 0 Å². The second kappa shape index (κ2) is 3.23. The van der Waals surface area contributed by atoms with Crippen LogP contribution >= 0.6 is 0 Å². The van der Waals surface area contributed by atoms with Crippen molar-refractivity contribution >= 4 is 11.5 Å². The number of halogens is 2. The average molecular weight is 184 g/mol. The van der Waals surface area contributed by atoms with Crippen molar-refractivity contribution in [1.82, 2.24) is 4.98 Å². The molecule has 0 saturated heterocycles. The molecule has 0 aliphatic carbocycles. The standard InChI is InChI=1S/C7H6F2N4/c8-6(9)5-3(1-10)7(12)13-2-4(5)11/h2,6H,11H2,(H2,12,13). The van der Waals surface area contributed by atoms with Crippen LogP contribution in [0.25, 0.3) is 0 Å². The Labute approximate surface area is 72.8 Å². The second-order valence-corrected chi connectivity index (χ2v) is 2.30. The normalized spacial score (nSPS) is 10.0. The van der Waals surface area contributed by atoms with Gasteiger partial charge in [-0.25, -0.2) is 13.8 Å². The number of alkyl halides is 2. The van der Waals surface area contributed by atoms with E-state index in [1.54, 1.807) is 0 Å². The maximum atomic E-state index is 12.3. The van der Waals surface area contributed by atoms with Crippen molar-refractivity contribution in [2.75, 3.05) is 11.5 Å². The average Bonchev–Trinajstić information content (AvgIpc) is 2.07. The Hall–Kier alpha value is -1.90. The van der Waals surface area contributed by atoms with E-state index in [0.29, 0.717) is 0 Å². The van der Waals surface area contributed by atoms with Gasteiger partial charge in [0.15, 0.2) is 0 Å². The number of rotatable bonds is 1. The van der Waals surface area contributed by atoms with E-state index in [0.717, 1.165) is 6.20 Å². The first-order chi connectivity index (χ1) is 6.07. The fourth-order valence-electron chi connectivity index (χ4n) is 0.908. The molecular weight excluding hydrogens is 178 g/mol. The maximum absolute atomic E-state index is 12.3. The van der Waals surface area contributed by atoms with Gasteiger partial charge in [0, 0.05) is 0 Å². The van der Waals surface area contributed by atoms with Gasteiger partial charge in [-0.15, -0.1) is 0 Å². The van der Waals surface area contributed by atoms with Crippen molar-refractivity contribution in [3.05, 3.63) is 17.3 Å². The van der Waals surface area contributed by atoms with E-state index in [4.69, 9.17) is 16.7 Å². The zero-order valence-electron chi connectivity index (χ0n) is 6.46. The summed E-state index contributed by atoms with van der Waals surface area (Å²) in [5, 5.41) is 8.51. The highest BCUT2D eigenvalue weighted by Crippen LogP contribution is 2.29. The Morgan fingerprint density at radius 2 is 2.08 bits per heavy atom. The lowest BCUT2D eigenvalue weighted by Gasteiger charge is -2.07. The summed E-state index contributed by atoms with van der Waals surface area (Å²) in [6, 6.07) is 1.54. The summed E-state index contributed by atoms with van der Waals surface area (Å²) < 4.78 is 24.7. The summed E-state index contributed by atoms with van der Waals surface area (Å²) in [5.41, 5.74) is 9.31. The fourth-order valence-corrected chi connectivity index (χ4v) is 0.908. The van der Waals surface area contributed by atoms with Crippen LogP contribution in [0.5, 0.6) is 0 Å². The molecule has 0 saturated carbocycles. The van der Waals surface area contributed by atoms with Crippen LogP contribution in [-0.4, -0.2) is 4.98 Å².